The number of aromatic hydroxyl groups is 2. The molecule has 2 aliphatic heterocycles. The number of hydrogen-bond donors (Lipinski definition) is 6. The Morgan fingerprint density at radius 1 is 1.02 bits per heavy atom. The van der Waals surface area contributed by atoms with Crippen molar-refractivity contribution in [3.63, 3.8) is 0 Å². The number of aromatic nitrogens is 2. The quantitative estimate of drug-likeness (QED) is 0.122. The van der Waals surface area contributed by atoms with Crippen LogP contribution in [0.15, 0.2) is 36.1 Å². The summed E-state index contributed by atoms with van der Waals surface area (Å²) in [6.45, 7) is 15.5. The number of ketones is 1. The van der Waals surface area contributed by atoms with Crippen molar-refractivity contribution in [1.82, 2.24) is 9.97 Å². The van der Waals surface area contributed by atoms with Crippen LogP contribution in [-0.4, -0.2) is 99.0 Å². The first-order chi connectivity index (χ1) is 27.3. The molecule has 2 aromatic carbocycles. The third-order valence-electron chi connectivity index (χ3n) is 11.7. The molecular formula is C43H58N4O11. The van der Waals surface area contributed by atoms with Gasteiger partial charge in [-0.25, -0.2) is 4.98 Å². The van der Waals surface area contributed by atoms with Gasteiger partial charge in [0.05, 0.1) is 41.0 Å². The molecule has 0 spiro atoms. The summed E-state index contributed by atoms with van der Waals surface area (Å²) in [5.41, 5.74) is 0.748. The number of unbranched alkanes of at least 4 members (excludes halogenated alkanes) is 1. The lowest BCUT2D eigenvalue weighted by molar-refractivity contribution is -0.160. The Hall–Kier alpha value is -5.12. The number of rotatable bonds is 6. The number of aliphatic hydroxyl groups excluding tert-OH is 2. The van der Waals surface area contributed by atoms with Crippen LogP contribution in [0.1, 0.15) is 84.2 Å². The molecule has 58 heavy (non-hydrogen) atoms. The number of fused-ring (bicyclic) bond motifs is 1. The number of phenols is 2. The second-order valence-corrected chi connectivity index (χ2v) is 15.9. The molecule has 0 aliphatic carbocycles. The van der Waals surface area contributed by atoms with Gasteiger partial charge in [-0.1, -0.05) is 59.3 Å². The Bertz CT molecular complexity index is 2160. The SMILES string of the molecule is CCCCN(C)c1nc2c([nH]1)c1c(O)c3c(O)c(C)c4c(c32)C(=O)[C@@](C)(O/C=C/[C@H](OC)[C@@H](C)[C@@H](OC(C)=O)[C@H](C)[C@H](O)[C@H](C)[C@@H](O)[C@@H](C)/C=C/C=C(/C)C(=O)N1)O4. The third-order valence-corrected chi connectivity index (χ3v) is 11.7. The minimum Gasteiger partial charge on any atom is -0.507 e. The van der Waals surface area contributed by atoms with E-state index >= 15 is 0 Å². The van der Waals surface area contributed by atoms with Crippen molar-refractivity contribution >= 4 is 51.1 Å². The van der Waals surface area contributed by atoms with Crippen LogP contribution in [0.3, 0.4) is 0 Å². The van der Waals surface area contributed by atoms with Crippen molar-refractivity contribution in [2.45, 2.75) is 105 Å². The van der Waals surface area contributed by atoms with E-state index in [4.69, 9.17) is 23.9 Å². The van der Waals surface area contributed by atoms with Crippen LogP contribution < -0.4 is 15.0 Å². The number of carbonyl (C=O) groups excluding carboxylic acids is 3. The number of amides is 1. The van der Waals surface area contributed by atoms with Crippen LogP contribution in [0, 0.1) is 30.6 Å². The van der Waals surface area contributed by atoms with Gasteiger partial charge in [0, 0.05) is 74.7 Å². The molecule has 1 aromatic heterocycles. The molecular weight excluding hydrogens is 748 g/mol. The van der Waals surface area contributed by atoms with Gasteiger partial charge in [0.2, 0.25) is 5.95 Å². The highest BCUT2D eigenvalue weighted by Crippen LogP contribution is 2.54. The lowest BCUT2D eigenvalue weighted by atomic mass is 9.78. The maximum atomic E-state index is 14.6. The second-order valence-electron chi connectivity index (χ2n) is 15.9. The van der Waals surface area contributed by atoms with Crippen LogP contribution in [-0.2, 0) is 23.8 Å². The smallest absolute Gasteiger partial charge is 0.312 e. The van der Waals surface area contributed by atoms with Gasteiger partial charge in [0.1, 0.15) is 28.8 Å². The number of phenolic OH excluding ortho intramolecular Hbond substituents is 2. The number of benzene rings is 2. The number of H-pyrrole nitrogens is 1. The third kappa shape index (κ3) is 8.12. The molecule has 0 unspecified atom stereocenters. The lowest BCUT2D eigenvalue weighted by Crippen LogP contribution is -2.46. The van der Waals surface area contributed by atoms with E-state index in [-0.39, 0.29) is 55.7 Å². The zero-order chi connectivity index (χ0) is 43.0. The van der Waals surface area contributed by atoms with Crippen LogP contribution in [0.2, 0.25) is 0 Å². The Morgan fingerprint density at radius 3 is 2.34 bits per heavy atom. The van der Waals surface area contributed by atoms with Crippen LogP contribution >= 0.6 is 0 Å². The lowest BCUT2D eigenvalue weighted by Gasteiger charge is -2.38. The summed E-state index contributed by atoms with van der Waals surface area (Å²) in [6, 6.07) is 0. The average Bonchev–Trinajstić information content (AvgIpc) is 3.74. The minimum absolute atomic E-state index is 0.0177. The predicted molar refractivity (Wildman–Crippen MR) is 220 cm³/mol. The van der Waals surface area contributed by atoms with Crippen molar-refractivity contribution in [3.05, 3.63) is 47.3 Å². The highest BCUT2D eigenvalue weighted by molar-refractivity contribution is 6.28. The number of nitrogens with zero attached hydrogens (tertiary/aromatic N) is 2. The fraction of sp³-hybridized carbons (Fsp3) is 0.535. The van der Waals surface area contributed by atoms with Crippen LogP contribution in [0.4, 0.5) is 11.6 Å². The van der Waals surface area contributed by atoms with E-state index in [1.807, 2.05) is 11.9 Å². The van der Waals surface area contributed by atoms with E-state index in [9.17, 15) is 34.8 Å². The molecule has 0 radical (unpaired) electrons. The Kier molecular flexibility index (Phi) is 13.2. The number of nitrogens with one attached hydrogen (secondary N) is 2. The fourth-order valence-electron chi connectivity index (χ4n) is 7.88. The molecule has 316 valence electrons. The van der Waals surface area contributed by atoms with E-state index in [1.165, 1.54) is 40.2 Å². The molecule has 6 N–H and O–H groups in total. The Balaban J connectivity index is 1.74. The van der Waals surface area contributed by atoms with Gasteiger partial charge in [0.25, 0.3) is 11.7 Å². The summed E-state index contributed by atoms with van der Waals surface area (Å²) >= 11 is 0. The Labute approximate surface area is 338 Å². The largest absolute Gasteiger partial charge is 0.507 e. The number of esters is 1. The predicted octanol–water partition coefficient (Wildman–Crippen LogP) is 6.16. The number of methoxy groups -OCH3 is 1. The Morgan fingerprint density at radius 2 is 1.71 bits per heavy atom. The van der Waals surface area contributed by atoms with Crippen molar-refractivity contribution < 1.29 is 53.8 Å². The first-order valence-corrected chi connectivity index (χ1v) is 19.7. The fourth-order valence-corrected chi connectivity index (χ4v) is 7.88. The first kappa shape index (κ1) is 44.0. The summed E-state index contributed by atoms with van der Waals surface area (Å²) in [4.78, 5) is 50.6. The number of aromatic amines is 1. The molecule has 1 amide bonds. The van der Waals surface area contributed by atoms with E-state index in [1.54, 1.807) is 52.8 Å². The number of Topliss-reactive ketones (excluding diaryl/α,β-unsaturated/α-hetero) is 1. The zero-order valence-electron chi connectivity index (χ0n) is 35.2. The van der Waals surface area contributed by atoms with Crippen molar-refractivity contribution in [2.24, 2.45) is 23.7 Å². The molecule has 0 saturated heterocycles. The normalized spacial score (nSPS) is 30.4. The summed E-state index contributed by atoms with van der Waals surface area (Å²) in [5, 5.41) is 49.3. The van der Waals surface area contributed by atoms with Crippen LogP contribution in [0.25, 0.3) is 21.8 Å². The van der Waals surface area contributed by atoms with Crippen molar-refractivity contribution in [1.29, 1.82) is 0 Å². The van der Waals surface area contributed by atoms with Gasteiger partial charge >= 0.3 is 11.8 Å². The summed E-state index contributed by atoms with van der Waals surface area (Å²) in [7, 11) is 3.30. The molecule has 2 aliphatic rings. The summed E-state index contributed by atoms with van der Waals surface area (Å²) in [6.07, 6.45) is 5.67. The topological polar surface area (TPSA) is 213 Å². The molecule has 5 rings (SSSR count). The van der Waals surface area contributed by atoms with Crippen molar-refractivity contribution in [2.75, 3.05) is 30.9 Å². The maximum absolute atomic E-state index is 14.6. The molecule has 0 fully saturated rings. The van der Waals surface area contributed by atoms with E-state index in [0.717, 1.165) is 12.8 Å². The maximum Gasteiger partial charge on any atom is 0.312 e. The molecule has 15 nitrogen and oxygen atoms in total. The zero-order valence-corrected chi connectivity index (χ0v) is 35.2. The molecule has 0 saturated carbocycles. The molecule has 15 heteroatoms. The molecule has 4 bridgehead atoms. The van der Waals surface area contributed by atoms with Gasteiger partial charge in [-0.2, -0.15) is 0 Å². The van der Waals surface area contributed by atoms with Crippen molar-refractivity contribution in [3.8, 4) is 17.2 Å². The van der Waals surface area contributed by atoms with Crippen LogP contribution in [0.5, 0.6) is 17.2 Å². The van der Waals surface area contributed by atoms with Gasteiger partial charge in [-0.15, -0.1) is 0 Å². The number of anilines is 2. The van der Waals surface area contributed by atoms with Gasteiger partial charge in [-0.3, -0.25) is 14.4 Å². The number of aliphatic hydroxyl groups is 2. The molecule has 9 atom stereocenters. The van der Waals surface area contributed by atoms with E-state index in [2.05, 4.69) is 17.2 Å². The minimum atomic E-state index is -1.96. The number of hydrogen-bond acceptors (Lipinski definition) is 13. The molecule has 3 heterocycles. The first-order valence-electron chi connectivity index (χ1n) is 19.7. The monoisotopic (exact) mass is 806 g/mol. The number of carbonyl (C=O) groups is 3. The van der Waals surface area contributed by atoms with Gasteiger partial charge < -0.3 is 54.6 Å². The number of allylic oxidation sites excluding steroid dienone is 2. The van der Waals surface area contributed by atoms with E-state index in [0.29, 0.717) is 12.5 Å². The highest BCUT2D eigenvalue weighted by Gasteiger charge is 2.49. The second kappa shape index (κ2) is 17.4. The standard InChI is InChI=1S/C43H58N4O11/c1-12-13-18-47(10)42-45-31-28-29-36(51)25(7)39-30(28)40(53)43(9,58-39)56-19-17-27(55-11)22(4)38(57-26(8)48)24(6)35(50)23(5)34(49)20(2)15-14-16-21(3)41(54)44-33(37(29)52)32(31)46-42/h14-17,19-20,22-24,27,34-35,38,49-52H,12-13,18H2,1-11H3,(H,44,54)(H,45,46)/b15-14+,19-17+,21-16-/t20-,22+,23+,24+,27-,34-,35+,38+,43-/m0/s1. The van der Waals surface area contributed by atoms with Gasteiger partial charge in [-0.05, 0) is 26.3 Å². The van der Waals surface area contributed by atoms with E-state index < -0.39 is 77.3 Å². The summed E-state index contributed by atoms with van der Waals surface area (Å²) in [5.74, 6) is -6.56. The average molecular weight is 807 g/mol. The number of ether oxygens (including phenoxy) is 4. The number of imidazole rings is 1. The van der Waals surface area contributed by atoms with Gasteiger partial charge in [0.15, 0.2) is 5.75 Å². The highest BCUT2D eigenvalue weighted by atomic mass is 16.7. The molecule has 3 aromatic rings. The summed E-state index contributed by atoms with van der Waals surface area (Å²) < 4.78 is 23.8.